The van der Waals surface area contributed by atoms with Gasteiger partial charge in [0.25, 0.3) is 0 Å². The molecule has 0 aromatic carbocycles. The topological polar surface area (TPSA) is 90.4 Å². The van der Waals surface area contributed by atoms with Gasteiger partial charge in [-0.05, 0) is 24.9 Å². The van der Waals surface area contributed by atoms with E-state index in [0.717, 1.165) is 13.1 Å². The van der Waals surface area contributed by atoms with E-state index in [-0.39, 0.29) is 6.61 Å². The third kappa shape index (κ3) is 8.35. The van der Waals surface area contributed by atoms with E-state index in [1.165, 1.54) is 0 Å². The quantitative estimate of drug-likeness (QED) is 0.446. The first kappa shape index (κ1) is 14.3. The molecule has 0 aliphatic carbocycles. The Hall–Kier alpha value is -0.650. The number of hydrogen-bond donors (Lipinski definition) is 3. The Bertz CT molecular complexity index is 174. The normalized spacial score (nSPS) is 13.1. The van der Waals surface area contributed by atoms with E-state index in [4.69, 9.17) is 16.2 Å². The highest BCUT2D eigenvalue weighted by atomic mass is 16.5. The standard InChI is InChI=1S/C10H23N3O2/c1-8(2)9(5-11)6-13-3-4-15-7-10(12)14/h8-9,13H,3-7,11H2,1-2H3,(H2,12,14). The van der Waals surface area contributed by atoms with Gasteiger partial charge in [0.1, 0.15) is 6.61 Å². The average Bonchev–Trinajstić information content (AvgIpc) is 2.15. The molecule has 0 saturated carbocycles. The van der Waals surface area contributed by atoms with Gasteiger partial charge in [0.15, 0.2) is 0 Å². The molecule has 5 nitrogen and oxygen atoms in total. The van der Waals surface area contributed by atoms with E-state index in [9.17, 15) is 4.79 Å². The second-order valence-corrected chi connectivity index (χ2v) is 3.96. The van der Waals surface area contributed by atoms with Crippen molar-refractivity contribution in [2.75, 3.05) is 32.8 Å². The van der Waals surface area contributed by atoms with Crippen LogP contribution < -0.4 is 16.8 Å². The van der Waals surface area contributed by atoms with E-state index in [0.29, 0.717) is 25.0 Å². The van der Waals surface area contributed by atoms with Gasteiger partial charge in [-0.3, -0.25) is 4.79 Å². The number of carbonyl (C=O) groups is 1. The Balaban J connectivity index is 3.33. The summed E-state index contributed by atoms with van der Waals surface area (Å²) in [5.41, 5.74) is 10.5. The molecule has 0 bridgehead atoms. The SMILES string of the molecule is CC(C)C(CN)CNCCOCC(N)=O. The predicted octanol–water partition coefficient (Wildman–Crippen LogP) is -0.691. The van der Waals surface area contributed by atoms with Crippen LogP contribution in [0.15, 0.2) is 0 Å². The average molecular weight is 217 g/mol. The van der Waals surface area contributed by atoms with Crippen LogP contribution in [0.25, 0.3) is 0 Å². The highest BCUT2D eigenvalue weighted by Crippen LogP contribution is 2.06. The largest absolute Gasteiger partial charge is 0.370 e. The molecule has 0 saturated heterocycles. The maximum absolute atomic E-state index is 10.3. The third-order valence-electron chi connectivity index (χ3n) is 2.32. The minimum Gasteiger partial charge on any atom is -0.370 e. The van der Waals surface area contributed by atoms with Crippen LogP contribution in [0.4, 0.5) is 0 Å². The zero-order valence-electron chi connectivity index (χ0n) is 9.66. The van der Waals surface area contributed by atoms with Crippen LogP contribution in [0.1, 0.15) is 13.8 Å². The fourth-order valence-corrected chi connectivity index (χ4v) is 1.20. The molecule has 0 aliphatic rings. The summed E-state index contributed by atoms with van der Waals surface area (Å²) in [4.78, 5) is 10.3. The van der Waals surface area contributed by atoms with Crippen molar-refractivity contribution in [2.24, 2.45) is 23.3 Å². The summed E-state index contributed by atoms with van der Waals surface area (Å²) in [7, 11) is 0. The molecule has 0 rings (SSSR count). The van der Waals surface area contributed by atoms with E-state index >= 15 is 0 Å². The summed E-state index contributed by atoms with van der Waals surface area (Å²) < 4.78 is 5.00. The summed E-state index contributed by atoms with van der Waals surface area (Å²) in [6.07, 6.45) is 0. The van der Waals surface area contributed by atoms with Gasteiger partial charge >= 0.3 is 0 Å². The lowest BCUT2D eigenvalue weighted by atomic mass is 9.96. The van der Waals surface area contributed by atoms with Crippen LogP contribution in [0.2, 0.25) is 0 Å². The van der Waals surface area contributed by atoms with Crippen molar-refractivity contribution in [3.63, 3.8) is 0 Å². The molecular weight excluding hydrogens is 194 g/mol. The van der Waals surface area contributed by atoms with Crippen LogP contribution in [-0.4, -0.2) is 38.8 Å². The van der Waals surface area contributed by atoms with Gasteiger partial charge in [-0.25, -0.2) is 0 Å². The summed E-state index contributed by atoms with van der Waals surface area (Å²) in [6.45, 7) is 7.09. The monoisotopic (exact) mass is 217 g/mol. The van der Waals surface area contributed by atoms with Gasteiger partial charge in [-0.2, -0.15) is 0 Å². The van der Waals surface area contributed by atoms with Crippen LogP contribution in [0.5, 0.6) is 0 Å². The number of nitrogens with two attached hydrogens (primary N) is 2. The van der Waals surface area contributed by atoms with Gasteiger partial charge in [0.05, 0.1) is 6.61 Å². The van der Waals surface area contributed by atoms with E-state index < -0.39 is 5.91 Å². The number of primary amides is 1. The molecule has 0 heterocycles. The Morgan fingerprint density at radius 2 is 2.13 bits per heavy atom. The van der Waals surface area contributed by atoms with E-state index in [1.54, 1.807) is 0 Å². The summed E-state index contributed by atoms with van der Waals surface area (Å²) >= 11 is 0. The molecule has 0 spiro atoms. The Kier molecular flexibility index (Phi) is 8.27. The first-order chi connectivity index (χ1) is 7.07. The lowest BCUT2D eigenvalue weighted by molar-refractivity contribution is -0.122. The highest BCUT2D eigenvalue weighted by Gasteiger charge is 2.09. The second-order valence-electron chi connectivity index (χ2n) is 3.96. The molecule has 15 heavy (non-hydrogen) atoms. The zero-order chi connectivity index (χ0) is 11.7. The van der Waals surface area contributed by atoms with Gasteiger partial charge in [-0.15, -0.1) is 0 Å². The first-order valence-corrected chi connectivity index (χ1v) is 5.34. The minimum absolute atomic E-state index is 0.00776. The van der Waals surface area contributed by atoms with Crippen molar-refractivity contribution in [3.8, 4) is 0 Å². The molecule has 5 heteroatoms. The van der Waals surface area contributed by atoms with Gasteiger partial charge < -0.3 is 21.5 Å². The maximum Gasteiger partial charge on any atom is 0.243 e. The van der Waals surface area contributed by atoms with Crippen LogP contribution in [0, 0.1) is 11.8 Å². The number of rotatable bonds is 9. The molecular formula is C10H23N3O2. The maximum atomic E-state index is 10.3. The molecule has 90 valence electrons. The molecule has 0 fully saturated rings. The fourth-order valence-electron chi connectivity index (χ4n) is 1.20. The summed E-state index contributed by atoms with van der Waals surface area (Å²) in [6, 6.07) is 0. The predicted molar refractivity (Wildman–Crippen MR) is 60.3 cm³/mol. The second kappa shape index (κ2) is 8.64. The lowest BCUT2D eigenvalue weighted by Crippen LogP contribution is -2.33. The molecule has 0 aliphatic heterocycles. The first-order valence-electron chi connectivity index (χ1n) is 5.34. The number of ether oxygens (including phenoxy) is 1. The van der Waals surface area contributed by atoms with Crippen molar-refractivity contribution in [2.45, 2.75) is 13.8 Å². The number of nitrogens with one attached hydrogen (secondary N) is 1. The molecule has 0 radical (unpaired) electrons. The Morgan fingerprint density at radius 1 is 1.47 bits per heavy atom. The number of amides is 1. The number of hydrogen-bond acceptors (Lipinski definition) is 4. The molecule has 0 aromatic heterocycles. The van der Waals surface area contributed by atoms with Gasteiger partial charge in [-0.1, -0.05) is 13.8 Å². The third-order valence-corrected chi connectivity index (χ3v) is 2.32. The van der Waals surface area contributed by atoms with Crippen molar-refractivity contribution < 1.29 is 9.53 Å². The van der Waals surface area contributed by atoms with Crippen molar-refractivity contribution >= 4 is 5.91 Å². The fraction of sp³-hybridized carbons (Fsp3) is 0.900. The van der Waals surface area contributed by atoms with E-state index in [2.05, 4.69) is 19.2 Å². The van der Waals surface area contributed by atoms with E-state index in [1.807, 2.05) is 0 Å². The molecule has 5 N–H and O–H groups in total. The minimum atomic E-state index is -0.433. The molecule has 0 aromatic rings. The summed E-state index contributed by atoms with van der Waals surface area (Å²) in [5.74, 6) is 0.632. The van der Waals surface area contributed by atoms with Crippen molar-refractivity contribution in [1.29, 1.82) is 0 Å². The highest BCUT2D eigenvalue weighted by molar-refractivity contribution is 5.74. The smallest absolute Gasteiger partial charge is 0.243 e. The number of carbonyl (C=O) groups excluding carboxylic acids is 1. The van der Waals surface area contributed by atoms with Gasteiger partial charge in [0, 0.05) is 6.54 Å². The molecule has 1 amide bonds. The Morgan fingerprint density at radius 3 is 2.60 bits per heavy atom. The molecule has 1 atom stereocenters. The van der Waals surface area contributed by atoms with Crippen molar-refractivity contribution in [1.82, 2.24) is 5.32 Å². The van der Waals surface area contributed by atoms with Crippen LogP contribution in [-0.2, 0) is 9.53 Å². The Labute approximate surface area is 91.5 Å². The van der Waals surface area contributed by atoms with Gasteiger partial charge in [0.2, 0.25) is 5.91 Å². The van der Waals surface area contributed by atoms with Crippen LogP contribution >= 0.6 is 0 Å². The summed E-state index contributed by atoms with van der Waals surface area (Å²) in [5, 5.41) is 3.23. The van der Waals surface area contributed by atoms with Crippen LogP contribution in [0.3, 0.4) is 0 Å². The zero-order valence-corrected chi connectivity index (χ0v) is 9.66. The molecule has 1 unspecified atom stereocenters. The lowest BCUT2D eigenvalue weighted by Gasteiger charge is -2.19. The van der Waals surface area contributed by atoms with Crippen molar-refractivity contribution in [3.05, 3.63) is 0 Å².